The Bertz CT molecular complexity index is 569. The lowest BCUT2D eigenvalue weighted by Crippen LogP contribution is -2.39. The van der Waals surface area contributed by atoms with Crippen LogP contribution < -0.4 is 11.1 Å². The molecule has 0 bridgehead atoms. The molecule has 0 spiro atoms. The highest BCUT2D eigenvalue weighted by Crippen LogP contribution is 2.13. The number of carbonyl (C=O) groups is 1. The molecular formula is C13H18N2O3S. The molecule has 19 heavy (non-hydrogen) atoms. The summed E-state index contributed by atoms with van der Waals surface area (Å²) in [4.78, 5) is 11.1. The van der Waals surface area contributed by atoms with Crippen LogP contribution in [0, 0.1) is 0 Å². The number of amides is 1. The van der Waals surface area contributed by atoms with E-state index < -0.39 is 15.7 Å². The molecule has 6 heteroatoms. The van der Waals surface area contributed by atoms with Crippen molar-refractivity contribution in [2.75, 3.05) is 11.5 Å². The van der Waals surface area contributed by atoms with Gasteiger partial charge in [-0.15, -0.1) is 0 Å². The van der Waals surface area contributed by atoms with E-state index in [1.54, 1.807) is 18.2 Å². The number of hydrogen-bond acceptors (Lipinski definition) is 4. The average molecular weight is 282 g/mol. The summed E-state index contributed by atoms with van der Waals surface area (Å²) in [7, 11) is -2.89. The van der Waals surface area contributed by atoms with Crippen LogP contribution in [0.3, 0.4) is 0 Å². The van der Waals surface area contributed by atoms with Crippen molar-refractivity contribution in [2.45, 2.75) is 25.4 Å². The molecule has 104 valence electrons. The first-order valence-electron chi connectivity index (χ1n) is 6.29. The van der Waals surface area contributed by atoms with Crippen LogP contribution in [0.1, 0.15) is 28.8 Å². The smallest absolute Gasteiger partial charge is 0.248 e. The number of benzene rings is 1. The monoisotopic (exact) mass is 282 g/mol. The molecule has 0 aliphatic carbocycles. The van der Waals surface area contributed by atoms with Gasteiger partial charge in [0.05, 0.1) is 11.5 Å². The average Bonchev–Trinajstić information content (AvgIpc) is 2.35. The molecular weight excluding hydrogens is 264 g/mol. The molecule has 1 aromatic rings. The maximum absolute atomic E-state index is 11.5. The van der Waals surface area contributed by atoms with Gasteiger partial charge in [0.15, 0.2) is 9.84 Å². The van der Waals surface area contributed by atoms with Crippen LogP contribution in [0.25, 0.3) is 0 Å². The van der Waals surface area contributed by atoms with Crippen molar-refractivity contribution in [1.82, 2.24) is 5.32 Å². The normalized spacial score (nSPS) is 22.0. The van der Waals surface area contributed by atoms with Crippen molar-refractivity contribution < 1.29 is 13.2 Å². The minimum Gasteiger partial charge on any atom is -0.366 e. The van der Waals surface area contributed by atoms with Crippen LogP contribution in [0.2, 0.25) is 0 Å². The van der Waals surface area contributed by atoms with Crippen molar-refractivity contribution in [1.29, 1.82) is 0 Å². The molecule has 1 heterocycles. The number of rotatable bonds is 4. The Kier molecular flexibility index (Phi) is 4.21. The summed E-state index contributed by atoms with van der Waals surface area (Å²) in [6, 6.07) is 7.05. The molecule has 5 nitrogen and oxygen atoms in total. The largest absolute Gasteiger partial charge is 0.366 e. The molecule has 0 aromatic heterocycles. The topological polar surface area (TPSA) is 89.3 Å². The molecule has 1 atom stereocenters. The molecule has 1 aliphatic rings. The Hall–Kier alpha value is -1.40. The van der Waals surface area contributed by atoms with Crippen molar-refractivity contribution in [3.8, 4) is 0 Å². The van der Waals surface area contributed by atoms with Crippen LogP contribution in [0.15, 0.2) is 24.3 Å². The van der Waals surface area contributed by atoms with Gasteiger partial charge in [0.2, 0.25) is 5.91 Å². The van der Waals surface area contributed by atoms with Gasteiger partial charge in [-0.1, -0.05) is 12.1 Å². The van der Waals surface area contributed by atoms with Crippen LogP contribution in [-0.4, -0.2) is 31.9 Å². The van der Waals surface area contributed by atoms with E-state index in [1.807, 2.05) is 6.07 Å². The second-order valence-electron chi connectivity index (χ2n) is 4.90. The molecule has 1 unspecified atom stereocenters. The number of sulfone groups is 1. The van der Waals surface area contributed by atoms with Gasteiger partial charge in [-0.2, -0.15) is 0 Å². The first kappa shape index (κ1) is 14.0. The van der Waals surface area contributed by atoms with E-state index in [0.717, 1.165) is 12.0 Å². The first-order chi connectivity index (χ1) is 8.96. The highest BCUT2D eigenvalue weighted by Gasteiger charge is 2.24. The Morgan fingerprint density at radius 3 is 2.89 bits per heavy atom. The lowest BCUT2D eigenvalue weighted by molar-refractivity contribution is 0.1000. The Balaban J connectivity index is 1.95. The Morgan fingerprint density at radius 2 is 2.21 bits per heavy atom. The van der Waals surface area contributed by atoms with E-state index in [-0.39, 0.29) is 11.8 Å². The quantitative estimate of drug-likeness (QED) is 0.839. The van der Waals surface area contributed by atoms with E-state index in [9.17, 15) is 13.2 Å². The molecule has 2 rings (SSSR count). The van der Waals surface area contributed by atoms with Crippen molar-refractivity contribution in [3.63, 3.8) is 0 Å². The highest BCUT2D eigenvalue weighted by molar-refractivity contribution is 7.91. The summed E-state index contributed by atoms with van der Waals surface area (Å²) in [5, 5.41) is 3.23. The fourth-order valence-electron chi connectivity index (χ4n) is 2.28. The second kappa shape index (κ2) is 5.71. The lowest BCUT2D eigenvalue weighted by atomic mass is 10.1. The number of nitrogens with one attached hydrogen (secondary N) is 1. The Morgan fingerprint density at radius 1 is 1.42 bits per heavy atom. The summed E-state index contributed by atoms with van der Waals surface area (Å²) in [5.74, 6) is 0.0345. The molecule has 1 aliphatic heterocycles. The zero-order valence-electron chi connectivity index (χ0n) is 10.6. The molecule has 0 radical (unpaired) electrons. The maximum atomic E-state index is 11.5. The van der Waals surface area contributed by atoms with E-state index in [4.69, 9.17) is 5.73 Å². The summed E-state index contributed by atoms with van der Waals surface area (Å²) in [5.41, 5.74) is 6.62. The minimum absolute atomic E-state index is 0.00372. The zero-order chi connectivity index (χ0) is 13.9. The van der Waals surface area contributed by atoms with Gasteiger partial charge in [-0.25, -0.2) is 8.42 Å². The number of hydrogen-bond donors (Lipinski definition) is 2. The van der Waals surface area contributed by atoms with E-state index in [1.165, 1.54) is 0 Å². The molecule has 0 saturated carbocycles. The number of carbonyl (C=O) groups excluding carboxylic acids is 1. The van der Waals surface area contributed by atoms with Gasteiger partial charge in [0.1, 0.15) is 0 Å². The van der Waals surface area contributed by atoms with E-state index in [2.05, 4.69) is 5.32 Å². The number of primary amides is 1. The van der Waals surface area contributed by atoms with Crippen molar-refractivity contribution >= 4 is 15.7 Å². The Labute approximate surface area is 113 Å². The van der Waals surface area contributed by atoms with Gasteiger partial charge in [0.25, 0.3) is 0 Å². The molecule has 3 N–H and O–H groups in total. The minimum atomic E-state index is -2.89. The predicted octanol–water partition coefficient (Wildman–Crippen LogP) is 0.452. The summed E-state index contributed by atoms with van der Waals surface area (Å²) >= 11 is 0. The maximum Gasteiger partial charge on any atom is 0.248 e. The fourth-order valence-corrected chi connectivity index (χ4v) is 3.95. The van der Waals surface area contributed by atoms with Crippen LogP contribution in [0.4, 0.5) is 0 Å². The third-order valence-electron chi connectivity index (χ3n) is 3.27. The van der Waals surface area contributed by atoms with Crippen molar-refractivity contribution in [3.05, 3.63) is 35.4 Å². The highest BCUT2D eigenvalue weighted by atomic mass is 32.2. The SMILES string of the molecule is NC(=O)c1cccc(CNC2CCCS(=O)(=O)C2)c1. The van der Waals surface area contributed by atoms with Crippen LogP contribution in [-0.2, 0) is 16.4 Å². The fraction of sp³-hybridized carbons (Fsp3) is 0.462. The first-order valence-corrected chi connectivity index (χ1v) is 8.11. The predicted molar refractivity (Wildman–Crippen MR) is 73.5 cm³/mol. The zero-order valence-corrected chi connectivity index (χ0v) is 11.4. The van der Waals surface area contributed by atoms with Gasteiger partial charge in [0, 0.05) is 18.2 Å². The third-order valence-corrected chi connectivity index (χ3v) is 5.09. The van der Waals surface area contributed by atoms with Crippen LogP contribution >= 0.6 is 0 Å². The molecule has 1 amide bonds. The second-order valence-corrected chi connectivity index (χ2v) is 7.13. The van der Waals surface area contributed by atoms with Crippen LogP contribution in [0.5, 0.6) is 0 Å². The van der Waals surface area contributed by atoms with Gasteiger partial charge in [-0.3, -0.25) is 4.79 Å². The van der Waals surface area contributed by atoms with E-state index >= 15 is 0 Å². The van der Waals surface area contributed by atoms with Crippen molar-refractivity contribution in [2.24, 2.45) is 5.73 Å². The summed E-state index contributed by atoms with van der Waals surface area (Å²) in [6.45, 7) is 0.543. The molecule has 1 aromatic carbocycles. The standard InChI is InChI=1S/C13H18N2O3S/c14-13(16)11-4-1-3-10(7-11)8-15-12-5-2-6-19(17,18)9-12/h1,3-4,7,12,15H,2,5-6,8-9H2,(H2,14,16). The van der Waals surface area contributed by atoms with Gasteiger partial charge in [-0.05, 0) is 30.5 Å². The summed E-state index contributed by atoms with van der Waals surface area (Å²) < 4.78 is 23.0. The summed E-state index contributed by atoms with van der Waals surface area (Å²) in [6.07, 6.45) is 1.58. The third kappa shape index (κ3) is 4.04. The van der Waals surface area contributed by atoms with E-state index in [0.29, 0.717) is 24.3 Å². The molecule has 1 saturated heterocycles. The molecule has 1 fully saturated rings. The lowest BCUT2D eigenvalue weighted by Gasteiger charge is -2.23. The van der Waals surface area contributed by atoms with Gasteiger partial charge < -0.3 is 11.1 Å². The van der Waals surface area contributed by atoms with Gasteiger partial charge >= 0.3 is 0 Å². The number of nitrogens with two attached hydrogens (primary N) is 1.